The number of aryl methyl sites for hydroxylation is 1. The van der Waals surface area contributed by atoms with E-state index in [9.17, 15) is 0 Å². The van der Waals surface area contributed by atoms with Gasteiger partial charge in [0, 0.05) is 17.6 Å². The van der Waals surface area contributed by atoms with Crippen molar-refractivity contribution in [1.82, 2.24) is 0 Å². The molecule has 8 rings (SSSR count). The van der Waals surface area contributed by atoms with Gasteiger partial charge in [0.2, 0.25) is 0 Å². The highest BCUT2D eigenvalue weighted by molar-refractivity contribution is 6.05. The van der Waals surface area contributed by atoms with Crippen molar-refractivity contribution < 1.29 is 0 Å². The Balaban J connectivity index is 1.07. The fourth-order valence-corrected chi connectivity index (χ4v) is 9.38. The van der Waals surface area contributed by atoms with Crippen LogP contribution in [0.15, 0.2) is 170 Å². The van der Waals surface area contributed by atoms with Gasteiger partial charge in [-0.15, -0.1) is 0 Å². The van der Waals surface area contributed by atoms with Crippen molar-refractivity contribution in [2.45, 2.75) is 70.8 Å². The molecule has 0 radical (unpaired) electrons. The van der Waals surface area contributed by atoms with Gasteiger partial charge in [0.1, 0.15) is 0 Å². The number of allylic oxidation sites excluding steroid dienone is 12. The quantitative estimate of drug-likeness (QED) is 0.114. The van der Waals surface area contributed by atoms with Crippen LogP contribution < -0.4 is 15.8 Å². The molecule has 55 heavy (non-hydrogen) atoms. The highest BCUT2D eigenvalue weighted by Gasteiger charge is 2.31. The lowest BCUT2D eigenvalue weighted by Crippen LogP contribution is -2.38. The second-order valence-corrected chi connectivity index (χ2v) is 15.2. The van der Waals surface area contributed by atoms with Gasteiger partial charge < -0.3 is 5.32 Å². The third-order valence-corrected chi connectivity index (χ3v) is 11.8. The molecule has 0 heterocycles. The summed E-state index contributed by atoms with van der Waals surface area (Å²) >= 11 is 0. The summed E-state index contributed by atoms with van der Waals surface area (Å²) in [5.74, 6) is 0.446. The van der Waals surface area contributed by atoms with Gasteiger partial charge in [-0.2, -0.15) is 0 Å². The number of nitrogens with one attached hydrogen (secondary N) is 1. The third kappa shape index (κ3) is 7.29. The molecule has 274 valence electrons. The van der Waals surface area contributed by atoms with E-state index in [4.69, 9.17) is 0 Å². The topological polar surface area (TPSA) is 12.0 Å². The summed E-state index contributed by atoms with van der Waals surface area (Å²) in [6, 6.07) is 27.4. The predicted octanol–water partition coefficient (Wildman–Crippen LogP) is 12.9. The van der Waals surface area contributed by atoms with E-state index in [1.807, 2.05) is 12.2 Å². The van der Waals surface area contributed by atoms with Gasteiger partial charge in [0.15, 0.2) is 0 Å². The van der Waals surface area contributed by atoms with Gasteiger partial charge in [-0.3, -0.25) is 0 Å². The molecule has 0 amide bonds. The smallest absolute Gasteiger partial charge is 0.0482 e. The van der Waals surface area contributed by atoms with Crippen molar-refractivity contribution in [2.75, 3.05) is 5.32 Å². The molecule has 0 saturated heterocycles. The Morgan fingerprint density at radius 1 is 0.800 bits per heavy atom. The zero-order chi connectivity index (χ0) is 37.6. The molecular weight excluding hydrogens is 663 g/mol. The highest BCUT2D eigenvalue weighted by Crippen LogP contribution is 2.44. The van der Waals surface area contributed by atoms with E-state index in [0.717, 1.165) is 44.2 Å². The van der Waals surface area contributed by atoms with Crippen molar-refractivity contribution in [3.63, 3.8) is 0 Å². The molecule has 1 nitrogen and oxygen atoms in total. The number of anilines is 1. The Morgan fingerprint density at radius 2 is 1.62 bits per heavy atom. The fourth-order valence-electron chi connectivity index (χ4n) is 9.38. The van der Waals surface area contributed by atoms with E-state index in [-0.39, 0.29) is 6.04 Å². The maximum absolute atomic E-state index is 4.31. The van der Waals surface area contributed by atoms with Crippen LogP contribution in [-0.2, 0) is 6.42 Å². The van der Waals surface area contributed by atoms with Crippen LogP contribution in [0, 0.1) is 5.92 Å². The van der Waals surface area contributed by atoms with E-state index in [1.54, 1.807) is 5.57 Å². The molecule has 0 aliphatic heterocycles. The second kappa shape index (κ2) is 16.8. The number of unbranched alkanes of at least 4 members (excludes halogenated alkanes) is 1. The molecule has 4 aliphatic rings. The average Bonchev–Trinajstić information content (AvgIpc) is 3.24. The minimum absolute atomic E-state index is 0.238. The zero-order valence-electron chi connectivity index (χ0n) is 32.4. The van der Waals surface area contributed by atoms with E-state index < -0.39 is 0 Å². The molecule has 1 heteroatoms. The van der Waals surface area contributed by atoms with E-state index in [2.05, 4.69) is 165 Å². The Hall–Kier alpha value is -5.66. The normalized spacial score (nSPS) is 19.3. The van der Waals surface area contributed by atoms with Crippen molar-refractivity contribution in [2.24, 2.45) is 5.92 Å². The van der Waals surface area contributed by atoms with Gasteiger partial charge in [-0.1, -0.05) is 153 Å². The largest absolute Gasteiger partial charge is 0.379 e. The minimum atomic E-state index is 0.238. The van der Waals surface area contributed by atoms with Gasteiger partial charge in [-0.05, 0) is 154 Å². The highest BCUT2D eigenvalue weighted by atomic mass is 14.9. The Kier molecular flexibility index (Phi) is 11.1. The SMILES string of the molecule is C=C/C=C\CCCc1c(C=C)c(/C=C\C)c(-c2ccc(NC3C=CC(C4=c5ccccc5=C(C5=CCCC=C5)C5=CCCCC54)=CC3)cc2)c2ccccc12. The van der Waals surface area contributed by atoms with Crippen LogP contribution in [0.2, 0.25) is 0 Å². The standard InChI is InChI=1S/C54H53N/c1-4-7-8-9-13-23-44-43(6-3)46(20-5-2)53(47-25-15-14-24-45(44)47)39-30-34-41(35-31-39)55-42-36-32-40(33-37-42)54-50-28-18-16-26-48(50)52(38-21-11-10-12-22-38)49-27-17-19-29-51(49)54/h4-8,11,14-16,18,20-22,24-28,30-36,42,51,55H,1,3,9-10,12-13,17,19,23,29,37H2,2H3/b8-7-,20-5-. The first-order chi connectivity index (χ1) is 27.2. The first kappa shape index (κ1) is 36.3. The summed E-state index contributed by atoms with van der Waals surface area (Å²) in [5.41, 5.74) is 14.8. The van der Waals surface area contributed by atoms with Gasteiger partial charge >= 0.3 is 0 Å². The van der Waals surface area contributed by atoms with Crippen LogP contribution in [-0.4, -0.2) is 6.04 Å². The summed E-state index contributed by atoms with van der Waals surface area (Å²) in [6.45, 7) is 10.2. The molecule has 0 spiro atoms. The van der Waals surface area contributed by atoms with Crippen molar-refractivity contribution in [1.29, 1.82) is 0 Å². The molecule has 1 N–H and O–H groups in total. The average molecular weight is 716 g/mol. The summed E-state index contributed by atoms with van der Waals surface area (Å²) in [6.07, 6.45) is 39.5. The van der Waals surface area contributed by atoms with Gasteiger partial charge in [0.05, 0.1) is 0 Å². The maximum Gasteiger partial charge on any atom is 0.0482 e. The van der Waals surface area contributed by atoms with Crippen LogP contribution in [0.1, 0.15) is 75.0 Å². The Labute approximate surface area is 328 Å². The molecule has 4 aromatic carbocycles. The van der Waals surface area contributed by atoms with Gasteiger partial charge in [-0.25, -0.2) is 0 Å². The number of hydrogen-bond acceptors (Lipinski definition) is 1. The van der Waals surface area contributed by atoms with Crippen LogP contribution >= 0.6 is 0 Å². The Bertz CT molecular complexity index is 2470. The first-order valence-electron chi connectivity index (χ1n) is 20.5. The minimum Gasteiger partial charge on any atom is -0.379 e. The van der Waals surface area contributed by atoms with Crippen LogP contribution in [0.5, 0.6) is 0 Å². The number of fused-ring (bicyclic) bond motifs is 3. The summed E-state index contributed by atoms with van der Waals surface area (Å²) < 4.78 is 0. The van der Waals surface area contributed by atoms with Crippen LogP contribution in [0.4, 0.5) is 5.69 Å². The number of benzene rings is 4. The van der Waals surface area contributed by atoms with Crippen LogP contribution in [0.25, 0.3) is 45.2 Å². The summed E-state index contributed by atoms with van der Waals surface area (Å²) in [4.78, 5) is 0. The molecule has 0 bridgehead atoms. The monoisotopic (exact) mass is 715 g/mol. The lowest BCUT2D eigenvalue weighted by Gasteiger charge is -2.34. The summed E-state index contributed by atoms with van der Waals surface area (Å²) in [5, 5.41) is 9.26. The maximum atomic E-state index is 4.31. The molecule has 0 aromatic heterocycles. The molecular formula is C54H53N. The van der Waals surface area contributed by atoms with Crippen LogP contribution in [0.3, 0.4) is 0 Å². The van der Waals surface area contributed by atoms with Crippen molar-refractivity contribution >= 4 is 39.8 Å². The van der Waals surface area contributed by atoms with Gasteiger partial charge in [0.25, 0.3) is 0 Å². The van der Waals surface area contributed by atoms with E-state index in [0.29, 0.717) is 5.92 Å². The molecule has 2 unspecified atom stereocenters. The first-order valence-corrected chi connectivity index (χ1v) is 20.5. The molecule has 2 atom stereocenters. The summed E-state index contributed by atoms with van der Waals surface area (Å²) in [7, 11) is 0. The van der Waals surface area contributed by atoms with E-state index >= 15 is 0 Å². The van der Waals surface area contributed by atoms with Crippen molar-refractivity contribution in [3.05, 3.63) is 197 Å². The molecule has 4 aromatic rings. The van der Waals surface area contributed by atoms with Crippen molar-refractivity contribution in [3.8, 4) is 11.1 Å². The predicted molar refractivity (Wildman–Crippen MR) is 240 cm³/mol. The number of rotatable bonds is 12. The molecule has 4 aliphatic carbocycles. The second-order valence-electron chi connectivity index (χ2n) is 15.2. The molecule has 0 fully saturated rings. The lowest BCUT2D eigenvalue weighted by atomic mass is 9.70. The number of hydrogen-bond donors (Lipinski definition) is 1. The van der Waals surface area contributed by atoms with E-state index in [1.165, 1.54) is 90.6 Å². The zero-order valence-corrected chi connectivity index (χ0v) is 32.4. The third-order valence-electron chi connectivity index (χ3n) is 11.8. The fraction of sp³-hybridized carbons (Fsp3) is 0.222. The lowest BCUT2D eigenvalue weighted by molar-refractivity contribution is 0.618. The Morgan fingerprint density at radius 3 is 2.36 bits per heavy atom. The molecule has 0 saturated carbocycles.